The number of halogens is 1. The van der Waals surface area contributed by atoms with Crippen LogP contribution in [0.2, 0.25) is 0 Å². The average Bonchev–Trinajstić information content (AvgIpc) is 2.89. The average molecular weight is 290 g/mol. The Morgan fingerprint density at radius 1 is 1.10 bits per heavy atom. The second-order valence-electron chi connectivity index (χ2n) is 4.39. The van der Waals surface area contributed by atoms with Gasteiger partial charge in [-0.1, -0.05) is 30.3 Å². The first-order chi connectivity index (χ1) is 9.38. The molecule has 0 aliphatic rings. The molecule has 20 heavy (non-hydrogen) atoms. The predicted molar refractivity (Wildman–Crippen MR) is 73.0 cm³/mol. The highest BCUT2D eigenvalue weighted by atomic mass is 35.5. The Hall–Kier alpha value is -1.98. The highest BCUT2D eigenvalue weighted by Gasteiger charge is 2.11. The molecule has 0 atom stereocenters. The summed E-state index contributed by atoms with van der Waals surface area (Å²) >= 11 is 0. The van der Waals surface area contributed by atoms with Gasteiger partial charge in [0.2, 0.25) is 0 Å². The van der Waals surface area contributed by atoms with Crippen LogP contribution in [0, 0.1) is 0 Å². The molecule has 0 aliphatic heterocycles. The Kier molecular flexibility index (Phi) is 4.65. The summed E-state index contributed by atoms with van der Waals surface area (Å²) in [6, 6.07) is 10.4. The molecule has 5 nitrogen and oxygen atoms in total. The van der Waals surface area contributed by atoms with Crippen LogP contribution >= 0.6 is 0 Å². The first-order valence-electron chi connectivity index (χ1n) is 6.37. The van der Waals surface area contributed by atoms with Gasteiger partial charge in [0, 0.05) is 6.54 Å². The molecule has 104 valence electrons. The summed E-state index contributed by atoms with van der Waals surface area (Å²) < 4.78 is 2.08. The van der Waals surface area contributed by atoms with Gasteiger partial charge in [-0.15, -0.1) is 0 Å². The molecule has 2 aromatic heterocycles. The van der Waals surface area contributed by atoms with E-state index in [9.17, 15) is 0 Å². The number of nitrogens with zero attached hydrogens (tertiary/aromatic N) is 4. The minimum absolute atomic E-state index is 0. The van der Waals surface area contributed by atoms with Gasteiger partial charge in [0.25, 0.3) is 5.82 Å². The molecule has 0 fully saturated rings. The van der Waals surface area contributed by atoms with Crippen molar-refractivity contribution in [3.63, 3.8) is 0 Å². The zero-order valence-corrected chi connectivity index (χ0v) is 12.0. The van der Waals surface area contributed by atoms with E-state index in [1.807, 2.05) is 24.8 Å². The molecule has 0 aliphatic carbocycles. The molecule has 1 aromatic carbocycles. The minimum Gasteiger partial charge on any atom is -1.00 e. The number of benzene rings is 1. The third-order valence-corrected chi connectivity index (χ3v) is 3.19. The molecule has 0 radical (unpaired) electrons. The topological polar surface area (TPSA) is 60.2 Å². The lowest BCUT2D eigenvalue weighted by molar-refractivity contribution is -0.541. The van der Waals surface area contributed by atoms with Crippen molar-refractivity contribution in [3.05, 3.63) is 48.5 Å². The Morgan fingerprint density at radius 2 is 1.90 bits per heavy atom. The van der Waals surface area contributed by atoms with Crippen LogP contribution in [0.15, 0.2) is 43.0 Å². The van der Waals surface area contributed by atoms with Crippen LogP contribution in [0.1, 0.15) is 5.56 Å². The molecule has 0 unspecified atom stereocenters. The molecule has 0 spiro atoms. The number of hydrogen-bond donors (Lipinski definition) is 1. The second kappa shape index (κ2) is 6.45. The highest BCUT2D eigenvalue weighted by molar-refractivity contribution is 5.78. The lowest BCUT2D eigenvalue weighted by Crippen LogP contribution is -3.00. The maximum atomic E-state index is 4.41. The van der Waals surface area contributed by atoms with Crippen molar-refractivity contribution in [2.75, 3.05) is 7.05 Å². The van der Waals surface area contributed by atoms with Gasteiger partial charge in [0.15, 0.2) is 11.2 Å². The van der Waals surface area contributed by atoms with E-state index in [-0.39, 0.29) is 12.4 Å². The number of imidazole rings is 1. The molecule has 0 amide bonds. The van der Waals surface area contributed by atoms with Gasteiger partial charge in [-0.3, -0.25) is 5.32 Å². The molecule has 2 N–H and O–H groups in total. The number of fused-ring (bicyclic) bond motifs is 1. The maximum Gasteiger partial charge on any atom is 0.255 e. The number of nitrogens with two attached hydrogens (primary N) is 1. The molecule has 2 heterocycles. The third-order valence-electron chi connectivity index (χ3n) is 3.19. The largest absolute Gasteiger partial charge is 1.00 e. The van der Waals surface area contributed by atoms with Crippen molar-refractivity contribution >= 4 is 17.0 Å². The second-order valence-corrected chi connectivity index (χ2v) is 4.39. The summed E-state index contributed by atoms with van der Waals surface area (Å²) in [7, 11) is 1.96. The number of rotatable bonds is 4. The van der Waals surface area contributed by atoms with E-state index in [0.717, 1.165) is 29.9 Å². The smallest absolute Gasteiger partial charge is 0.255 e. The molecule has 3 rings (SSSR count). The van der Waals surface area contributed by atoms with Crippen LogP contribution in [-0.2, 0) is 13.0 Å². The first kappa shape index (κ1) is 14.4. The lowest BCUT2D eigenvalue weighted by Gasteiger charge is -2.03. The summed E-state index contributed by atoms with van der Waals surface area (Å²) in [5.74, 6) is 0.892. The standard InChI is InChI=1S/C14H15N5.ClH/c1-15-13-12-14(17-9-16-13)19(10-18-12)8-7-11-5-3-2-4-6-11;/h2-6,9-10H,7-8H2,1H3,(H,15,16,17);1H. The fourth-order valence-electron chi connectivity index (χ4n) is 2.17. The normalized spacial score (nSPS) is 10.4. The SMILES string of the molecule is C[NH2+]c1ncnc2c1ncn2CCc1ccccc1.[Cl-]. The molecule has 0 bridgehead atoms. The number of aromatic nitrogens is 4. The van der Waals surface area contributed by atoms with Crippen LogP contribution in [0.5, 0.6) is 0 Å². The summed E-state index contributed by atoms with van der Waals surface area (Å²) in [6.07, 6.45) is 4.41. The number of hydrogen-bond acceptors (Lipinski definition) is 3. The summed E-state index contributed by atoms with van der Waals surface area (Å²) in [5.41, 5.74) is 3.10. The Morgan fingerprint density at radius 3 is 2.65 bits per heavy atom. The van der Waals surface area contributed by atoms with Gasteiger partial charge >= 0.3 is 0 Å². The Bertz CT molecular complexity index is 680. The van der Waals surface area contributed by atoms with E-state index >= 15 is 0 Å². The van der Waals surface area contributed by atoms with Crippen molar-refractivity contribution in [2.24, 2.45) is 0 Å². The Balaban J connectivity index is 0.00000147. The van der Waals surface area contributed by atoms with Crippen LogP contribution < -0.4 is 17.7 Å². The zero-order chi connectivity index (χ0) is 13.1. The summed E-state index contributed by atoms with van der Waals surface area (Å²) in [5, 5.41) is 1.96. The van der Waals surface area contributed by atoms with E-state index in [2.05, 4.69) is 43.8 Å². The van der Waals surface area contributed by atoms with Crippen molar-refractivity contribution in [1.82, 2.24) is 19.5 Å². The van der Waals surface area contributed by atoms with Gasteiger partial charge in [-0.25, -0.2) is 9.97 Å². The van der Waals surface area contributed by atoms with Crippen molar-refractivity contribution in [1.29, 1.82) is 0 Å². The number of aryl methyl sites for hydroxylation is 2. The van der Waals surface area contributed by atoms with Crippen LogP contribution in [0.25, 0.3) is 11.2 Å². The molecular weight excluding hydrogens is 274 g/mol. The fraction of sp³-hybridized carbons (Fsp3) is 0.214. The molecular formula is C14H16ClN5. The predicted octanol–water partition coefficient (Wildman–Crippen LogP) is -2.10. The first-order valence-corrected chi connectivity index (χ1v) is 6.37. The van der Waals surface area contributed by atoms with Gasteiger partial charge in [0.05, 0.1) is 13.4 Å². The molecule has 0 saturated carbocycles. The minimum atomic E-state index is 0. The van der Waals surface area contributed by atoms with E-state index in [1.165, 1.54) is 5.56 Å². The molecule has 0 saturated heterocycles. The van der Waals surface area contributed by atoms with Gasteiger partial charge in [0.1, 0.15) is 6.33 Å². The molecule has 3 aromatic rings. The summed E-state index contributed by atoms with van der Waals surface area (Å²) in [6.45, 7) is 0.876. The van der Waals surface area contributed by atoms with E-state index in [1.54, 1.807) is 6.33 Å². The van der Waals surface area contributed by atoms with Gasteiger partial charge in [-0.05, 0) is 12.0 Å². The van der Waals surface area contributed by atoms with E-state index < -0.39 is 0 Å². The van der Waals surface area contributed by atoms with Crippen LogP contribution in [0.3, 0.4) is 0 Å². The van der Waals surface area contributed by atoms with Crippen LogP contribution in [0.4, 0.5) is 5.82 Å². The van der Waals surface area contributed by atoms with Crippen molar-refractivity contribution in [2.45, 2.75) is 13.0 Å². The quantitative estimate of drug-likeness (QED) is 0.598. The maximum absolute atomic E-state index is 4.41. The lowest BCUT2D eigenvalue weighted by atomic mass is 10.1. The van der Waals surface area contributed by atoms with Gasteiger partial charge < -0.3 is 17.0 Å². The zero-order valence-electron chi connectivity index (χ0n) is 11.2. The summed E-state index contributed by atoms with van der Waals surface area (Å²) in [4.78, 5) is 13.0. The highest BCUT2D eigenvalue weighted by Crippen LogP contribution is 2.14. The van der Waals surface area contributed by atoms with Crippen molar-refractivity contribution in [3.8, 4) is 0 Å². The Labute approximate surface area is 123 Å². The molecule has 6 heteroatoms. The van der Waals surface area contributed by atoms with Gasteiger partial charge in [-0.2, -0.15) is 4.98 Å². The monoisotopic (exact) mass is 289 g/mol. The number of quaternary nitrogens is 1. The van der Waals surface area contributed by atoms with Crippen molar-refractivity contribution < 1.29 is 17.7 Å². The van der Waals surface area contributed by atoms with E-state index in [0.29, 0.717) is 0 Å². The third kappa shape index (κ3) is 2.79. The fourth-order valence-corrected chi connectivity index (χ4v) is 2.17. The van der Waals surface area contributed by atoms with E-state index in [4.69, 9.17) is 0 Å². The van der Waals surface area contributed by atoms with Crippen LogP contribution in [-0.4, -0.2) is 26.6 Å².